The van der Waals surface area contributed by atoms with Crippen LogP contribution >= 0.6 is 0 Å². The van der Waals surface area contributed by atoms with Gasteiger partial charge in [0.15, 0.2) is 0 Å². The Kier molecular flexibility index (Phi) is 8.89. The summed E-state index contributed by atoms with van der Waals surface area (Å²) >= 11 is 0. The van der Waals surface area contributed by atoms with Crippen LogP contribution in [0.2, 0.25) is 0 Å². The van der Waals surface area contributed by atoms with Crippen LogP contribution in [0.1, 0.15) is 6.92 Å². The van der Waals surface area contributed by atoms with Gasteiger partial charge in [-0.15, -0.1) is 0 Å². The molecule has 0 aromatic heterocycles. The van der Waals surface area contributed by atoms with E-state index in [0.29, 0.717) is 0 Å². The highest BCUT2D eigenvalue weighted by Gasteiger charge is 2.03. The summed E-state index contributed by atoms with van der Waals surface area (Å²) in [7, 11) is 0. The third-order valence-corrected chi connectivity index (χ3v) is 1.05. The van der Waals surface area contributed by atoms with E-state index in [0.717, 1.165) is 0 Å². The van der Waals surface area contributed by atoms with Crippen molar-refractivity contribution < 1.29 is 19.4 Å². The van der Waals surface area contributed by atoms with Gasteiger partial charge in [-0.3, -0.25) is 0 Å². The highest BCUT2D eigenvalue weighted by atomic mass is 16.5. The molecule has 0 saturated heterocycles. The van der Waals surface area contributed by atoms with Gasteiger partial charge in [0, 0.05) is 0 Å². The molecule has 0 rings (SSSR count). The number of rotatable bonds is 3. The molecular weight excluding hydrogens is 212 g/mol. The lowest BCUT2D eigenvalue weighted by molar-refractivity contribution is -0.138. The molecule has 0 aromatic rings. The van der Waals surface area contributed by atoms with Gasteiger partial charge in [-0.25, -0.2) is 9.59 Å². The Bertz CT molecular complexity index is 385. The zero-order valence-electron chi connectivity index (χ0n) is 8.69. The molecule has 16 heavy (non-hydrogen) atoms. The topological polar surface area (TPSA) is 111 Å². The minimum Gasteiger partial charge on any atom is -0.477 e. The fourth-order valence-corrected chi connectivity index (χ4v) is 0.312. The van der Waals surface area contributed by atoms with Crippen molar-refractivity contribution in [3.05, 3.63) is 24.3 Å². The highest BCUT2D eigenvalue weighted by molar-refractivity contribution is 5.91. The predicted octanol–water partition coefficient (Wildman–Crippen LogP) is 0.780. The average Bonchev–Trinajstić information content (AvgIpc) is 2.27. The number of hydrogen-bond acceptors (Lipinski definition) is 5. The van der Waals surface area contributed by atoms with E-state index < -0.39 is 17.5 Å². The number of aliphatic carboxylic acids is 1. The number of hydrogen-bond donors (Lipinski definition) is 1. The van der Waals surface area contributed by atoms with Gasteiger partial charge in [0.05, 0.1) is 6.61 Å². The molecule has 6 heteroatoms. The molecule has 0 unspecified atom stereocenters. The quantitative estimate of drug-likeness (QED) is 0.429. The Hall–Kier alpha value is -2.60. The van der Waals surface area contributed by atoms with Crippen LogP contribution in [0.5, 0.6) is 0 Å². The lowest BCUT2D eigenvalue weighted by Gasteiger charge is -1.95. The smallest absolute Gasteiger partial charge is 0.348 e. The number of carboxylic acids is 1. The SMILES string of the molecule is C=C(C#N)C(=O)O.C=C(C#N)C(=O)OCC. The zero-order chi connectivity index (χ0) is 13.1. The van der Waals surface area contributed by atoms with Crippen molar-refractivity contribution in [3.8, 4) is 12.1 Å². The minimum atomic E-state index is -1.26. The van der Waals surface area contributed by atoms with Crippen LogP contribution in [0.4, 0.5) is 0 Å². The Morgan fingerprint density at radius 1 is 1.25 bits per heavy atom. The van der Waals surface area contributed by atoms with Crippen molar-refractivity contribution in [3.63, 3.8) is 0 Å². The fourth-order valence-electron chi connectivity index (χ4n) is 0.312. The molecule has 1 N–H and O–H groups in total. The standard InChI is InChI=1S/C6H7NO2.C4H3NO2/c1-3-9-6(8)5(2)4-7;1-3(2-5)4(6)7/h2-3H2,1H3;1H2,(H,6,7). The number of esters is 1. The molecule has 84 valence electrons. The van der Waals surface area contributed by atoms with E-state index in [9.17, 15) is 9.59 Å². The summed E-state index contributed by atoms with van der Waals surface area (Å²) in [5.74, 6) is -1.90. The van der Waals surface area contributed by atoms with Crippen LogP contribution in [0.15, 0.2) is 24.3 Å². The molecule has 0 saturated carbocycles. The zero-order valence-corrected chi connectivity index (χ0v) is 8.69. The Morgan fingerprint density at radius 3 is 1.88 bits per heavy atom. The number of carboxylic acid groups (broad SMARTS) is 1. The molecule has 0 aliphatic heterocycles. The third kappa shape index (κ3) is 8.02. The molecule has 0 atom stereocenters. The Morgan fingerprint density at radius 2 is 1.69 bits per heavy atom. The number of nitrogens with zero attached hydrogens (tertiary/aromatic N) is 2. The Balaban J connectivity index is 0. The van der Waals surface area contributed by atoms with Crippen molar-refractivity contribution in [1.82, 2.24) is 0 Å². The lowest BCUT2D eigenvalue weighted by atomic mass is 10.3. The molecular formula is C10H10N2O4. The van der Waals surface area contributed by atoms with Crippen molar-refractivity contribution in [1.29, 1.82) is 10.5 Å². The largest absolute Gasteiger partial charge is 0.477 e. The first-order valence-electron chi connectivity index (χ1n) is 3.99. The summed E-state index contributed by atoms with van der Waals surface area (Å²) < 4.78 is 4.43. The van der Waals surface area contributed by atoms with Crippen molar-refractivity contribution in [2.75, 3.05) is 6.61 Å². The molecule has 0 heterocycles. The second-order valence-electron chi connectivity index (χ2n) is 2.21. The molecule has 0 aliphatic rings. The molecule has 0 fully saturated rings. The second-order valence-corrected chi connectivity index (χ2v) is 2.21. The maximum atomic E-state index is 10.4. The van der Waals surface area contributed by atoms with E-state index in [1.54, 1.807) is 13.0 Å². The first kappa shape index (κ1) is 15.9. The van der Waals surface area contributed by atoms with Gasteiger partial charge in [-0.2, -0.15) is 10.5 Å². The van der Waals surface area contributed by atoms with E-state index in [1.165, 1.54) is 6.07 Å². The highest BCUT2D eigenvalue weighted by Crippen LogP contribution is 1.90. The van der Waals surface area contributed by atoms with Gasteiger partial charge in [0.25, 0.3) is 0 Å². The van der Waals surface area contributed by atoms with Crippen molar-refractivity contribution >= 4 is 11.9 Å². The van der Waals surface area contributed by atoms with Crippen LogP contribution in [0.3, 0.4) is 0 Å². The normalized spacial score (nSPS) is 7.19. The van der Waals surface area contributed by atoms with Gasteiger partial charge in [0.1, 0.15) is 23.3 Å². The van der Waals surface area contributed by atoms with Crippen molar-refractivity contribution in [2.24, 2.45) is 0 Å². The van der Waals surface area contributed by atoms with E-state index in [4.69, 9.17) is 15.6 Å². The lowest BCUT2D eigenvalue weighted by Crippen LogP contribution is -2.04. The third-order valence-electron chi connectivity index (χ3n) is 1.05. The molecule has 0 spiro atoms. The van der Waals surface area contributed by atoms with Gasteiger partial charge in [-0.05, 0) is 6.92 Å². The number of nitriles is 2. The predicted molar refractivity (Wildman–Crippen MR) is 53.8 cm³/mol. The first-order chi connectivity index (χ1) is 7.40. The molecule has 0 aromatic carbocycles. The maximum absolute atomic E-state index is 10.4. The minimum absolute atomic E-state index is 0.156. The summed E-state index contributed by atoms with van der Waals surface area (Å²) in [6.45, 7) is 8.01. The second kappa shape index (κ2) is 8.97. The van der Waals surface area contributed by atoms with E-state index in [1.807, 2.05) is 0 Å². The number of carbonyl (C=O) groups excluding carboxylic acids is 1. The first-order valence-corrected chi connectivity index (χ1v) is 3.99. The van der Waals surface area contributed by atoms with E-state index in [-0.39, 0.29) is 12.2 Å². The summed E-state index contributed by atoms with van der Waals surface area (Å²) in [4.78, 5) is 20.0. The van der Waals surface area contributed by atoms with Crippen LogP contribution in [0.25, 0.3) is 0 Å². The van der Waals surface area contributed by atoms with Gasteiger partial charge in [-0.1, -0.05) is 13.2 Å². The number of ether oxygens (including phenoxy) is 1. The molecule has 0 radical (unpaired) electrons. The maximum Gasteiger partial charge on any atom is 0.348 e. The van der Waals surface area contributed by atoms with E-state index >= 15 is 0 Å². The summed E-state index contributed by atoms with van der Waals surface area (Å²) in [5.41, 5.74) is -0.586. The van der Waals surface area contributed by atoms with Crippen LogP contribution in [-0.2, 0) is 14.3 Å². The summed E-state index contributed by atoms with van der Waals surface area (Å²) in [6.07, 6.45) is 0. The Labute approximate surface area is 92.7 Å². The van der Waals surface area contributed by atoms with Crippen LogP contribution < -0.4 is 0 Å². The van der Waals surface area contributed by atoms with Gasteiger partial charge >= 0.3 is 11.9 Å². The summed E-state index contributed by atoms with van der Waals surface area (Å²) in [5, 5.41) is 23.7. The van der Waals surface area contributed by atoms with Gasteiger partial charge in [0.2, 0.25) is 0 Å². The van der Waals surface area contributed by atoms with Gasteiger partial charge < -0.3 is 9.84 Å². The van der Waals surface area contributed by atoms with Crippen molar-refractivity contribution in [2.45, 2.75) is 6.92 Å². The van der Waals surface area contributed by atoms with Crippen LogP contribution in [-0.4, -0.2) is 23.7 Å². The molecule has 0 bridgehead atoms. The molecule has 0 aliphatic carbocycles. The van der Waals surface area contributed by atoms with Crippen LogP contribution in [0, 0.1) is 22.7 Å². The average molecular weight is 222 g/mol. The fraction of sp³-hybridized carbons (Fsp3) is 0.200. The summed E-state index contributed by atoms with van der Waals surface area (Å²) in [6, 6.07) is 2.95. The number of carbonyl (C=O) groups is 2. The molecule has 6 nitrogen and oxygen atoms in total. The van der Waals surface area contributed by atoms with E-state index in [2.05, 4.69) is 17.9 Å². The monoisotopic (exact) mass is 222 g/mol. The molecule has 0 amide bonds.